The Morgan fingerprint density at radius 2 is 1.53 bits per heavy atom. The Labute approximate surface area is 251 Å². The monoisotopic (exact) mass is 626 g/mol. The van der Waals surface area contributed by atoms with Crippen LogP contribution in [-0.2, 0) is 28.6 Å². The number of aliphatic hydroxyl groups is 6. The number of Topliss-reactive ketones (excluding diaryl/α,β-unsaturated/α-hetero) is 1. The van der Waals surface area contributed by atoms with E-state index < -0.39 is 104 Å². The smallest absolute Gasteiger partial charge is 0.264 e. The Kier molecular flexibility index (Phi) is 12.4. The molecule has 0 aromatic rings. The first-order chi connectivity index (χ1) is 20.3. The van der Waals surface area contributed by atoms with Gasteiger partial charge >= 0.3 is 0 Å². The number of halogens is 1. The van der Waals surface area contributed by atoms with Crippen molar-refractivity contribution < 1.29 is 59.2 Å². The minimum atomic E-state index is -1.80. The van der Waals surface area contributed by atoms with Crippen LogP contribution in [0.2, 0.25) is 0 Å². The standard InChI is InChI=1S/C28H35ClN2O12/c1-14(29)9-7-5-3-2-4-6-8-10-16(32)20-21(36)15(11-19(30)35)31(26(20)40)27-25(23(38)18(34)12-41-27)43-28-24(39)22(37)17(33)13-42-28/h2-10,15,17-18,22-25,27-28,32-34,37-39H,11-13H2,1H3,(H2,30,35)/b3-2+,6-4+,7-5+,10-8+,14-9+,20-16-/t15-,17+,18+,22+,23+,24-,25+,27-,28-/m0/s1. The third kappa shape index (κ3) is 8.47. The molecule has 236 valence electrons. The molecule has 2 amide bonds. The molecule has 9 atom stereocenters. The molecule has 0 aromatic heterocycles. The second-order valence-corrected chi connectivity index (χ2v) is 10.5. The normalized spacial score (nSPS) is 35.7. The van der Waals surface area contributed by atoms with E-state index in [1.165, 1.54) is 12.2 Å². The third-order valence-corrected chi connectivity index (χ3v) is 6.83. The molecule has 3 rings (SSSR count). The van der Waals surface area contributed by atoms with Crippen LogP contribution in [0, 0.1) is 0 Å². The summed E-state index contributed by atoms with van der Waals surface area (Å²) in [5.74, 6) is -3.74. The number of carbonyl (C=O) groups excluding carboxylic acids is 3. The van der Waals surface area contributed by atoms with Gasteiger partial charge in [0.1, 0.15) is 54.0 Å². The lowest BCUT2D eigenvalue weighted by atomic mass is 10.0. The van der Waals surface area contributed by atoms with Crippen molar-refractivity contribution in [1.29, 1.82) is 0 Å². The first kappa shape index (κ1) is 34.3. The fourth-order valence-corrected chi connectivity index (χ4v) is 4.61. The minimum Gasteiger partial charge on any atom is -0.507 e. The summed E-state index contributed by atoms with van der Waals surface area (Å²) in [7, 11) is 0. The maximum Gasteiger partial charge on any atom is 0.264 e. The maximum absolute atomic E-state index is 13.5. The average molecular weight is 627 g/mol. The molecule has 0 bridgehead atoms. The van der Waals surface area contributed by atoms with E-state index in [1.54, 1.807) is 43.4 Å². The highest BCUT2D eigenvalue weighted by Crippen LogP contribution is 2.34. The van der Waals surface area contributed by atoms with Crippen LogP contribution in [0.4, 0.5) is 0 Å². The summed E-state index contributed by atoms with van der Waals surface area (Å²) < 4.78 is 16.4. The fraction of sp³-hybridized carbons (Fsp3) is 0.464. The number of primary amides is 1. The van der Waals surface area contributed by atoms with Crippen LogP contribution >= 0.6 is 11.6 Å². The van der Waals surface area contributed by atoms with Gasteiger partial charge in [-0.15, -0.1) is 0 Å². The van der Waals surface area contributed by atoms with Crippen LogP contribution in [0.25, 0.3) is 0 Å². The van der Waals surface area contributed by atoms with Crippen LogP contribution < -0.4 is 5.73 Å². The van der Waals surface area contributed by atoms with Crippen LogP contribution in [0.1, 0.15) is 13.3 Å². The van der Waals surface area contributed by atoms with Crippen molar-refractivity contribution in [3.8, 4) is 0 Å². The van der Waals surface area contributed by atoms with E-state index in [0.717, 1.165) is 11.0 Å². The van der Waals surface area contributed by atoms with Crippen LogP contribution in [-0.4, -0.2) is 122 Å². The van der Waals surface area contributed by atoms with Gasteiger partial charge in [0.2, 0.25) is 5.91 Å². The van der Waals surface area contributed by atoms with Gasteiger partial charge in [-0.2, -0.15) is 0 Å². The minimum absolute atomic E-state index is 0.454. The van der Waals surface area contributed by atoms with Gasteiger partial charge in [0.25, 0.3) is 5.91 Å². The lowest BCUT2D eigenvalue weighted by Gasteiger charge is -2.45. The fourth-order valence-electron chi connectivity index (χ4n) is 4.54. The molecule has 0 spiro atoms. The number of hydrogen-bond donors (Lipinski definition) is 7. The number of nitrogens with zero attached hydrogens (tertiary/aromatic N) is 1. The van der Waals surface area contributed by atoms with E-state index in [1.807, 2.05) is 0 Å². The molecule has 14 nitrogen and oxygen atoms in total. The Bertz CT molecular complexity index is 1220. The predicted octanol–water partition coefficient (Wildman–Crippen LogP) is -1.28. The van der Waals surface area contributed by atoms with Crippen molar-refractivity contribution in [3.63, 3.8) is 0 Å². The Hall–Kier alpha value is -3.18. The van der Waals surface area contributed by atoms with Crippen molar-refractivity contribution in [2.75, 3.05) is 13.2 Å². The van der Waals surface area contributed by atoms with Crippen molar-refractivity contribution in [3.05, 3.63) is 71.0 Å². The average Bonchev–Trinajstić information content (AvgIpc) is 3.18. The molecular weight excluding hydrogens is 592 g/mol. The number of hydrogen-bond acceptors (Lipinski definition) is 12. The number of nitrogens with two attached hydrogens (primary N) is 1. The van der Waals surface area contributed by atoms with E-state index in [4.69, 9.17) is 31.5 Å². The molecule has 15 heteroatoms. The summed E-state index contributed by atoms with van der Waals surface area (Å²) in [4.78, 5) is 39.4. The van der Waals surface area contributed by atoms with Crippen molar-refractivity contribution >= 4 is 29.2 Å². The highest BCUT2D eigenvalue weighted by Gasteiger charge is 2.55. The molecule has 3 fully saturated rings. The van der Waals surface area contributed by atoms with Gasteiger partial charge in [-0.3, -0.25) is 19.3 Å². The van der Waals surface area contributed by atoms with Gasteiger partial charge in [0, 0.05) is 5.03 Å². The second-order valence-electron chi connectivity index (χ2n) is 9.92. The van der Waals surface area contributed by atoms with E-state index in [0.29, 0.717) is 5.03 Å². The summed E-state index contributed by atoms with van der Waals surface area (Å²) in [5.41, 5.74) is 4.64. The van der Waals surface area contributed by atoms with E-state index in [2.05, 4.69) is 0 Å². The first-order valence-electron chi connectivity index (χ1n) is 13.2. The summed E-state index contributed by atoms with van der Waals surface area (Å²) >= 11 is 5.72. The predicted molar refractivity (Wildman–Crippen MR) is 150 cm³/mol. The number of carbonyl (C=O) groups is 3. The number of rotatable bonds is 10. The Morgan fingerprint density at radius 1 is 0.953 bits per heavy atom. The van der Waals surface area contributed by atoms with Gasteiger partial charge in [-0.1, -0.05) is 54.1 Å². The van der Waals surface area contributed by atoms with Crippen LogP contribution in [0.15, 0.2) is 71.0 Å². The van der Waals surface area contributed by atoms with Gasteiger partial charge in [0.05, 0.1) is 19.6 Å². The summed E-state index contributed by atoms with van der Waals surface area (Å²) in [6.45, 7) is 0.752. The Balaban J connectivity index is 1.88. The number of likely N-dealkylation sites (tertiary alicyclic amines) is 1. The van der Waals surface area contributed by atoms with E-state index >= 15 is 0 Å². The van der Waals surface area contributed by atoms with Crippen LogP contribution in [0.5, 0.6) is 0 Å². The molecule has 8 N–H and O–H groups in total. The quantitative estimate of drug-likeness (QED) is 0.0651. The first-order valence-corrected chi connectivity index (χ1v) is 13.6. The molecule has 3 aliphatic heterocycles. The van der Waals surface area contributed by atoms with Crippen LogP contribution in [0.3, 0.4) is 0 Å². The number of ketones is 1. The van der Waals surface area contributed by atoms with E-state index in [9.17, 15) is 45.0 Å². The van der Waals surface area contributed by atoms with Gasteiger partial charge < -0.3 is 50.6 Å². The lowest BCUT2D eigenvalue weighted by Crippen LogP contribution is -2.64. The molecule has 0 radical (unpaired) electrons. The number of amides is 2. The number of ether oxygens (including phenoxy) is 3. The molecular formula is C28H35ClN2O12. The van der Waals surface area contributed by atoms with Crippen molar-refractivity contribution in [2.45, 2.75) is 68.5 Å². The zero-order chi connectivity index (χ0) is 31.8. The van der Waals surface area contributed by atoms with E-state index in [-0.39, 0.29) is 0 Å². The zero-order valence-corrected chi connectivity index (χ0v) is 23.8. The summed E-state index contributed by atoms with van der Waals surface area (Å²) in [6, 6.07) is -1.57. The molecule has 0 aliphatic carbocycles. The largest absolute Gasteiger partial charge is 0.507 e. The lowest BCUT2D eigenvalue weighted by molar-refractivity contribution is -0.325. The molecule has 3 saturated heterocycles. The molecule has 43 heavy (non-hydrogen) atoms. The third-order valence-electron chi connectivity index (χ3n) is 6.70. The summed E-state index contributed by atoms with van der Waals surface area (Å²) in [5, 5.41) is 62.3. The van der Waals surface area contributed by atoms with Gasteiger partial charge in [0.15, 0.2) is 18.3 Å². The highest BCUT2D eigenvalue weighted by molar-refractivity contribution is 6.29. The zero-order valence-electron chi connectivity index (χ0n) is 23.0. The van der Waals surface area contributed by atoms with Crippen molar-refractivity contribution in [2.24, 2.45) is 5.73 Å². The maximum atomic E-state index is 13.5. The Morgan fingerprint density at radius 3 is 2.16 bits per heavy atom. The van der Waals surface area contributed by atoms with Gasteiger partial charge in [-0.25, -0.2) is 0 Å². The summed E-state index contributed by atoms with van der Waals surface area (Å²) in [6.07, 6.45) is 0.215. The topological polar surface area (TPSA) is 230 Å². The molecule has 0 saturated carbocycles. The number of aliphatic hydroxyl groups excluding tert-OH is 6. The number of allylic oxidation sites excluding steroid dienone is 10. The second kappa shape index (κ2) is 15.5. The SMILES string of the molecule is C\C(Cl)=C/C=C/C=C/C=C/C=C/C(O)=C1\C(=O)[C@H](CC(N)=O)N([C@H]2OC[C@@H](O)[C@@H](O)[C@H]2O[C@@H]2OC[C@@H](O)[C@@H](O)[C@@H]2O)C1=O. The van der Waals surface area contributed by atoms with Gasteiger partial charge in [-0.05, 0) is 19.1 Å². The highest BCUT2D eigenvalue weighted by atomic mass is 35.5. The molecule has 0 aromatic carbocycles. The van der Waals surface area contributed by atoms with Crippen molar-refractivity contribution in [1.82, 2.24) is 4.90 Å². The molecule has 0 unspecified atom stereocenters. The molecule has 3 aliphatic rings. The molecule has 3 heterocycles.